The van der Waals surface area contributed by atoms with Crippen LogP contribution in [0.1, 0.15) is 62.5 Å². The van der Waals surface area contributed by atoms with Gasteiger partial charge >= 0.3 is 6.03 Å². The van der Waals surface area contributed by atoms with Crippen molar-refractivity contribution in [1.82, 2.24) is 45.5 Å². The molecule has 7 rings (SSSR count). The molecule has 0 saturated heterocycles. The molecule has 4 N–H and O–H groups in total. The molecule has 88 heavy (non-hydrogen) atoms. The number of amides is 7. The number of unbranched alkanes of at least 4 members (excludes halogenated alkanes) is 4. The van der Waals surface area contributed by atoms with Crippen LogP contribution in [0.15, 0.2) is 102 Å². The molecule has 1 atom stereocenters. The maximum atomic E-state index is 14.3. The number of fused-ring (bicyclic) bond motifs is 2. The van der Waals surface area contributed by atoms with Crippen molar-refractivity contribution in [1.29, 1.82) is 0 Å². The monoisotopic (exact) mass is 1220 g/mol. The Morgan fingerprint density at radius 1 is 0.602 bits per heavy atom. The van der Waals surface area contributed by atoms with Crippen LogP contribution in [0.3, 0.4) is 0 Å². The molecule has 0 aliphatic carbocycles. The maximum absolute atomic E-state index is 14.3. The molecule has 7 amide bonds. The molecule has 25 heteroatoms. The summed E-state index contributed by atoms with van der Waals surface area (Å²) in [7, 11) is 1.63. The smallest absolute Gasteiger partial charge is 0.322 e. The van der Waals surface area contributed by atoms with Gasteiger partial charge in [0.15, 0.2) is 0 Å². The van der Waals surface area contributed by atoms with E-state index >= 15 is 0 Å². The third-order valence-electron chi connectivity index (χ3n) is 14.2. The normalized spacial score (nSPS) is 13.1. The van der Waals surface area contributed by atoms with Gasteiger partial charge in [-0.1, -0.05) is 43.2 Å². The Morgan fingerprint density at radius 2 is 1.22 bits per heavy atom. The van der Waals surface area contributed by atoms with E-state index in [0.717, 1.165) is 50.2 Å². The summed E-state index contributed by atoms with van der Waals surface area (Å²) >= 11 is 0. The quantitative estimate of drug-likeness (QED) is 0.0306. The molecule has 25 nitrogen and oxygen atoms in total. The molecule has 0 fully saturated rings. The minimum absolute atomic E-state index is 0.151. The molecule has 2 aliphatic rings. The van der Waals surface area contributed by atoms with Crippen molar-refractivity contribution in [3.05, 3.63) is 119 Å². The van der Waals surface area contributed by atoms with E-state index in [4.69, 9.17) is 43.0 Å². The van der Waals surface area contributed by atoms with Crippen LogP contribution in [0, 0.1) is 0 Å². The summed E-state index contributed by atoms with van der Waals surface area (Å²) in [6, 6.07) is 19.3. The van der Waals surface area contributed by atoms with E-state index in [1.165, 1.54) is 4.68 Å². The third-order valence-corrected chi connectivity index (χ3v) is 14.2. The van der Waals surface area contributed by atoms with Crippen LogP contribution in [-0.4, -0.2) is 197 Å². The van der Waals surface area contributed by atoms with Crippen molar-refractivity contribution in [2.45, 2.75) is 77.0 Å². The van der Waals surface area contributed by atoms with Gasteiger partial charge in [0.2, 0.25) is 17.7 Å². The number of anilines is 1. The Bertz CT molecular complexity index is 3060. The summed E-state index contributed by atoms with van der Waals surface area (Å²) in [6.45, 7) is 7.97. The molecule has 0 spiro atoms. The van der Waals surface area contributed by atoms with Gasteiger partial charge in [-0.2, -0.15) is 5.10 Å². The van der Waals surface area contributed by atoms with Crippen molar-refractivity contribution in [2.24, 2.45) is 0 Å². The lowest BCUT2D eigenvalue weighted by molar-refractivity contribution is -0.141. The molecule has 2 aliphatic heterocycles. The van der Waals surface area contributed by atoms with Gasteiger partial charge < -0.3 is 64.1 Å². The lowest BCUT2D eigenvalue weighted by Crippen LogP contribution is -2.50. The van der Waals surface area contributed by atoms with Gasteiger partial charge in [-0.15, -0.1) is 0 Å². The number of carbonyl (C=O) groups excluding carboxylic acids is 6. The molecule has 474 valence electrons. The predicted octanol–water partition coefficient (Wildman–Crippen LogP) is 4.59. The van der Waals surface area contributed by atoms with E-state index in [2.05, 4.69) is 31.2 Å². The number of methoxy groups -OCH3 is 1. The first-order valence-electron chi connectivity index (χ1n) is 30.0. The average molecular weight is 1220 g/mol. The van der Waals surface area contributed by atoms with Crippen molar-refractivity contribution >= 4 is 52.2 Å². The summed E-state index contributed by atoms with van der Waals surface area (Å²) in [5.41, 5.74) is 5.73. The summed E-state index contributed by atoms with van der Waals surface area (Å²) in [4.78, 5) is 102. The van der Waals surface area contributed by atoms with E-state index in [0.29, 0.717) is 181 Å². The van der Waals surface area contributed by atoms with Gasteiger partial charge in [-0.05, 0) is 85.2 Å². The Kier molecular flexibility index (Phi) is 29.5. The molecule has 0 saturated carbocycles. The topological polar surface area (TPSA) is 292 Å². The Morgan fingerprint density at radius 3 is 1.88 bits per heavy atom. The minimum atomic E-state index is -0.963. The van der Waals surface area contributed by atoms with Crippen LogP contribution in [0.4, 0.5) is 10.5 Å². The highest BCUT2D eigenvalue weighted by atomic mass is 16.6. The van der Waals surface area contributed by atoms with Gasteiger partial charge in [0.25, 0.3) is 17.4 Å². The number of urea groups is 1. The number of hydrogen-bond donors (Lipinski definition) is 4. The summed E-state index contributed by atoms with van der Waals surface area (Å²) in [5, 5.41) is 17.1. The zero-order chi connectivity index (χ0) is 62.0. The highest BCUT2D eigenvalue weighted by molar-refractivity contribution is 6.14. The maximum Gasteiger partial charge on any atom is 0.322 e. The lowest BCUT2D eigenvalue weighted by atomic mass is 10.00. The Labute approximate surface area is 512 Å². The first kappa shape index (κ1) is 67.6. The molecular weight excluding hydrogens is 1140 g/mol. The number of benzene rings is 2. The van der Waals surface area contributed by atoms with Crippen LogP contribution in [0.5, 0.6) is 0 Å². The van der Waals surface area contributed by atoms with Crippen molar-refractivity contribution in [2.75, 3.05) is 131 Å². The summed E-state index contributed by atoms with van der Waals surface area (Å²) in [5.74, 6) is -2.51. The molecular formula is C63H82N10O15. The van der Waals surface area contributed by atoms with E-state index in [-0.39, 0.29) is 36.9 Å². The van der Waals surface area contributed by atoms with Gasteiger partial charge in [-0.3, -0.25) is 43.6 Å². The standard InChI is InChI=1S/C63H82N10O15/c1-81-28-29-83-32-33-85-36-37-87-40-41-88-39-38-86-35-34-84-31-30-82-27-21-57(74)66-22-6-4-12-55(69-58(75)46-72-59(76)18-19-60(72)77)61(78)67-23-5-2-3-7-26-73-62(79)53(51-10-8-13-54-52(51)11-9-24-65-54)42-56(70-73)47-14-16-50(17-15-47)68-63(80)71-44-48-20-25-64-43-49(48)45-71/h8-11,13-20,24-25,42-43,55H,2-7,12,21-23,26-41,44-46H2,1H3,(H,66,74)(H,67,78)(H,68,80)(H,69,75)/t55-/m0/s1. The van der Waals surface area contributed by atoms with Gasteiger partial charge in [0, 0.05) is 93.6 Å². The van der Waals surface area contributed by atoms with Crippen LogP contribution in [0.2, 0.25) is 0 Å². The molecule has 0 radical (unpaired) electrons. The van der Waals surface area contributed by atoms with Crippen LogP contribution in [-0.2, 0) is 81.5 Å². The fourth-order valence-corrected chi connectivity index (χ4v) is 9.49. The Hall–Kier alpha value is -7.88. The van der Waals surface area contributed by atoms with Crippen LogP contribution in [0.25, 0.3) is 33.3 Å². The molecule has 0 bridgehead atoms. The average Bonchev–Trinajstić information content (AvgIpc) is 2.90. The fourth-order valence-electron chi connectivity index (χ4n) is 9.49. The number of nitrogens with zero attached hydrogens (tertiary/aromatic N) is 6. The molecule has 5 aromatic rings. The van der Waals surface area contributed by atoms with E-state index in [1.54, 1.807) is 36.7 Å². The number of nitrogens with one attached hydrogen (secondary N) is 4. The number of ether oxygens (including phenoxy) is 8. The van der Waals surface area contributed by atoms with Gasteiger partial charge in [0.05, 0.1) is 116 Å². The second kappa shape index (κ2) is 38.4. The Balaban J connectivity index is 0.781. The number of rotatable bonds is 43. The highest BCUT2D eigenvalue weighted by Crippen LogP contribution is 2.29. The van der Waals surface area contributed by atoms with Gasteiger partial charge in [-0.25, -0.2) is 9.48 Å². The van der Waals surface area contributed by atoms with Crippen molar-refractivity contribution < 1.29 is 66.7 Å². The number of aryl methyl sites for hydroxylation is 1. The fraction of sp³-hybridized carbons (Fsp3) is 0.492. The minimum Gasteiger partial charge on any atom is -0.382 e. The lowest BCUT2D eigenvalue weighted by Gasteiger charge is -2.20. The van der Waals surface area contributed by atoms with Gasteiger partial charge in [0.1, 0.15) is 12.6 Å². The number of carbonyl (C=O) groups is 6. The molecule has 2 aromatic carbocycles. The number of pyridine rings is 2. The largest absolute Gasteiger partial charge is 0.382 e. The highest BCUT2D eigenvalue weighted by Gasteiger charge is 2.28. The second-order valence-electron chi connectivity index (χ2n) is 20.7. The van der Waals surface area contributed by atoms with Crippen LogP contribution < -0.4 is 26.8 Å². The van der Waals surface area contributed by atoms with E-state index < -0.39 is 36.2 Å². The number of hydrogen-bond acceptors (Lipinski definition) is 18. The second-order valence-corrected chi connectivity index (χ2v) is 20.7. The number of imide groups is 1. The van der Waals surface area contributed by atoms with Crippen molar-refractivity contribution in [3.8, 4) is 22.4 Å². The van der Waals surface area contributed by atoms with Crippen LogP contribution >= 0.6 is 0 Å². The summed E-state index contributed by atoms with van der Waals surface area (Å²) in [6.07, 6.45) is 11.4. The first-order chi connectivity index (χ1) is 43.1. The van der Waals surface area contributed by atoms with Crippen molar-refractivity contribution in [3.63, 3.8) is 0 Å². The SMILES string of the molecule is COCCOCCOCCOCCOCCOCCOCCOCCC(=O)NCCCC[C@H](NC(=O)CN1C(=O)C=CC1=O)C(=O)NCCCCCCn1nc(-c2ccc(NC(=O)N3Cc4ccncc4C3)cc2)cc(-c2cccc3ncccc23)c1=O. The summed E-state index contributed by atoms with van der Waals surface area (Å²) < 4.78 is 44.7. The predicted molar refractivity (Wildman–Crippen MR) is 326 cm³/mol. The zero-order valence-corrected chi connectivity index (χ0v) is 50.1. The third kappa shape index (κ3) is 23.0. The first-order valence-corrected chi connectivity index (χ1v) is 30.0. The van der Waals surface area contributed by atoms with E-state index in [9.17, 15) is 33.6 Å². The number of aromatic nitrogens is 4. The molecule has 3 aromatic heterocycles. The zero-order valence-electron chi connectivity index (χ0n) is 50.1. The molecule has 5 heterocycles. The molecule has 0 unspecified atom stereocenters. The van der Waals surface area contributed by atoms with E-state index in [1.807, 2.05) is 60.7 Å².